The molecule has 0 saturated carbocycles. The van der Waals surface area contributed by atoms with E-state index in [9.17, 15) is 9.59 Å². The zero-order valence-corrected chi connectivity index (χ0v) is 15.9. The van der Waals surface area contributed by atoms with Gasteiger partial charge in [-0.25, -0.2) is 9.78 Å². The van der Waals surface area contributed by atoms with Gasteiger partial charge in [0.1, 0.15) is 12.0 Å². The molecule has 1 aromatic carbocycles. The molecule has 0 bridgehead atoms. The molecule has 3 heterocycles. The zero-order chi connectivity index (χ0) is 19.5. The summed E-state index contributed by atoms with van der Waals surface area (Å²) in [5.74, 6) is 0.409. The Morgan fingerprint density at radius 2 is 2.18 bits per heavy atom. The lowest BCUT2D eigenvalue weighted by Crippen LogP contribution is -2.38. The average Bonchev–Trinajstić information content (AvgIpc) is 3.37. The minimum Gasteiger partial charge on any atom is -0.497 e. The largest absolute Gasteiger partial charge is 0.497 e. The first-order valence-corrected chi connectivity index (χ1v) is 9.46. The molecule has 0 unspecified atom stereocenters. The number of hydrogen-bond acceptors (Lipinski definition) is 6. The number of furan rings is 1. The van der Waals surface area contributed by atoms with E-state index in [0.717, 1.165) is 10.6 Å². The molecule has 2 aromatic heterocycles. The van der Waals surface area contributed by atoms with E-state index in [1.54, 1.807) is 24.1 Å². The van der Waals surface area contributed by atoms with Gasteiger partial charge in [0.2, 0.25) is 0 Å². The summed E-state index contributed by atoms with van der Waals surface area (Å²) in [5, 5.41) is 6.18. The number of urea groups is 1. The van der Waals surface area contributed by atoms with Crippen LogP contribution in [0.5, 0.6) is 5.75 Å². The van der Waals surface area contributed by atoms with Gasteiger partial charge in [0.15, 0.2) is 5.13 Å². The molecule has 0 spiro atoms. The van der Waals surface area contributed by atoms with Crippen LogP contribution in [-0.4, -0.2) is 35.5 Å². The molecule has 0 atom stereocenters. The maximum absolute atomic E-state index is 12.6. The molecule has 0 aliphatic carbocycles. The summed E-state index contributed by atoms with van der Waals surface area (Å²) >= 11 is 1.38. The number of hydrogen-bond donors (Lipinski definition) is 2. The summed E-state index contributed by atoms with van der Waals surface area (Å²) in [4.78, 5) is 31.9. The van der Waals surface area contributed by atoms with Crippen molar-refractivity contribution in [2.24, 2.45) is 0 Å². The molecule has 8 nitrogen and oxygen atoms in total. The number of thiazole rings is 1. The predicted octanol–water partition coefficient (Wildman–Crippen LogP) is 3.59. The quantitative estimate of drug-likeness (QED) is 0.700. The van der Waals surface area contributed by atoms with Crippen LogP contribution in [0.1, 0.15) is 20.9 Å². The average molecular weight is 398 g/mol. The van der Waals surface area contributed by atoms with E-state index in [0.29, 0.717) is 41.6 Å². The van der Waals surface area contributed by atoms with E-state index in [1.165, 1.54) is 23.9 Å². The number of amides is 3. The molecule has 2 N–H and O–H groups in total. The van der Waals surface area contributed by atoms with Gasteiger partial charge in [-0.15, -0.1) is 0 Å². The second-order valence-electron chi connectivity index (χ2n) is 6.19. The number of nitrogens with zero attached hydrogens (tertiary/aromatic N) is 2. The monoisotopic (exact) mass is 398 g/mol. The van der Waals surface area contributed by atoms with Gasteiger partial charge < -0.3 is 19.4 Å². The molecule has 9 heteroatoms. The highest BCUT2D eigenvalue weighted by molar-refractivity contribution is 7.15. The van der Waals surface area contributed by atoms with Crippen LogP contribution in [0.4, 0.5) is 15.6 Å². The van der Waals surface area contributed by atoms with Crippen molar-refractivity contribution < 1.29 is 18.7 Å². The van der Waals surface area contributed by atoms with Crippen molar-refractivity contribution in [2.75, 3.05) is 24.3 Å². The summed E-state index contributed by atoms with van der Waals surface area (Å²) in [7, 11) is 1.58. The molecule has 3 amide bonds. The second kappa shape index (κ2) is 7.73. The maximum atomic E-state index is 12.6. The van der Waals surface area contributed by atoms with Gasteiger partial charge in [-0.2, -0.15) is 0 Å². The number of benzene rings is 1. The van der Waals surface area contributed by atoms with Gasteiger partial charge in [-0.1, -0.05) is 17.4 Å². The summed E-state index contributed by atoms with van der Waals surface area (Å²) < 4.78 is 10.1. The van der Waals surface area contributed by atoms with Crippen LogP contribution in [0.25, 0.3) is 0 Å². The Labute approximate surface area is 165 Å². The highest BCUT2D eigenvalue weighted by atomic mass is 32.1. The molecule has 0 radical (unpaired) electrons. The fourth-order valence-electron chi connectivity index (χ4n) is 2.89. The lowest BCUT2D eigenvalue weighted by molar-refractivity contribution is 0.102. The third-order valence-corrected chi connectivity index (χ3v) is 5.34. The molecule has 1 aliphatic rings. The Morgan fingerprint density at radius 3 is 2.96 bits per heavy atom. The van der Waals surface area contributed by atoms with Crippen LogP contribution < -0.4 is 15.4 Å². The number of anilines is 2. The number of nitrogens with one attached hydrogen (secondary N) is 2. The number of fused-ring (bicyclic) bond motifs is 1. The smallest absolute Gasteiger partial charge is 0.322 e. The molecule has 144 valence electrons. The number of carbonyl (C=O) groups is 2. The third-order valence-electron chi connectivity index (χ3n) is 4.34. The van der Waals surface area contributed by atoms with Crippen LogP contribution in [0.15, 0.2) is 47.3 Å². The Bertz CT molecular complexity index is 999. The van der Waals surface area contributed by atoms with Crippen LogP contribution in [0.3, 0.4) is 0 Å². The normalized spacial score (nSPS) is 13.0. The summed E-state index contributed by atoms with van der Waals surface area (Å²) in [6, 6.07) is 8.62. The topological polar surface area (TPSA) is 96.7 Å². The Kier molecular flexibility index (Phi) is 4.98. The Balaban J connectivity index is 1.41. The SMILES string of the molecule is COc1cccc(NC(=O)N2CCc3nc(NC(=O)c4ccoc4)sc3C2)c1. The third kappa shape index (κ3) is 3.84. The molecule has 1 aliphatic heterocycles. The van der Waals surface area contributed by atoms with Gasteiger partial charge in [0, 0.05) is 29.6 Å². The van der Waals surface area contributed by atoms with E-state index in [4.69, 9.17) is 9.15 Å². The molecule has 4 rings (SSSR count). The first-order chi connectivity index (χ1) is 13.6. The minimum atomic E-state index is -0.271. The van der Waals surface area contributed by atoms with E-state index in [2.05, 4.69) is 15.6 Å². The fraction of sp³-hybridized carbons (Fsp3) is 0.211. The lowest BCUT2D eigenvalue weighted by Gasteiger charge is -2.26. The highest BCUT2D eigenvalue weighted by Crippen LogP contribution is 2.29. The van der Waals surface area contributed by atoms with Gasteiger partial charge in [0.05, 0.1) is 31.2 Å². The Hall–Kier alpha value is -3.33. The van der Waals surface area contributed by atoms with Crippen molar-refractivity contribution in [3.05, 3.63) is 59.0 Å². The van der Waals surface area contributed by atoms with Crippen LogP contribution >= 0.6 is 11.3 Å². The molecule has 0 fully saturated rings. The van der Waals surface area contributed by atoms with E-state index >= 15 is 0 Å². The van der Waals surface area contributed by atoms with Gasteiger partial charge in [-0.3, -0.25) is 10.1 Å². The number of carbonyl (C=O) groups excluding carboxylic acids is 2. The van der Waals surface area contributed by atoms with Crippen LogP contribution in [0, 0.1) is 0 Å². The Morgan fingerprint density at radius 1 is 1.29 bits per heavy atom. The van der Waals surface area contributed by atoms with Crippen LogP contribution in [0.2, 0.25) is 0 Å². The van der Waals surface area contributed by atoms with Crippen molar-refractivity contribution in [2.45, 2.75) is 13.0 Å². The van der Waals surface area contributed by atoms with Gasteiger partial charge in [-0.05, 0) is 18.2 Å². The number of rotatable bonds is 4. The van der Waals surface area contributed by atoms with E-state index in [-0.39, 0.29) is 11.9 Å². The molecular formula is C19H18N4O4S. The molecule has 28 heavy (non-hydrogen) atoms. The molecular weight excluding hydrogens is 380 g/mol. The number of methoxy groups -OCH3 is 1. The van der Waals surface area contributed by atoms with E-state index < -0.39 is 0 Å². The van der Waals surface area contributed by atoms with Crippen molar-refractivity contribution in [1.29, 1.82) is 0 Å². The van der Waals surface area contributed by atoms with Crippen molar-refractivity contribution in [3.8, 4) is 5.75 Å². The zero-order valence-electron chi connectivity index (χ0n) is 15.1. The van der Waals surface area contributed by atoms with Crippen molar-refractivity contribution in [3.63, 3.8) is 0 Å². The number of ether oxygens (including phenoxy) is 1. The second-order valence-corrected chi connectivity index (χ2v) is 7.27. The van der Waals surface area contributed by atoms with Crippen LogP contribution in [-0.2, 0) is 13.0 Å². The summed E-state index contributed by atoms with van der Waals surface area (Å²) in [6.07, 6.45) is 3.47. The molecule has 3 aromatic rings. The first kappa shape index (κ1) is 18.1. The summed E-state index contributed by atoms with van der Waals surface area (Å²) in [5.41, 5.74) is 2.03. The van der Waals surface area contributed by atoms with Gasteiger partial charge in [0.25, 0.3) is 5.91 Å². The predicted molar refractivity (Wildman–Crippen MR) is 105 cm³/mol. The number of aromatic nitrogens is 1. The minimum absolute atomic E-state index is 0.184. The lowest BCUT2D eigenvalue weighted by atomic mass is 10.2. The molecule has 0 saturated heterocycles. The maximum Gasteiger partial charge on any atom is 0.322 e. The standard InChI is InChI=1S/C19H18N4O4S/c1-26-14-4-2-3-13(9-14)20-19(25)23-7-5-15-16(10-23)28-18(21-15)22-17(24)12-6-8-27-11-12/h2-4,6,8-9,11H,5,7,10H2,1H3,(H,20,25)(H,21,22,24). The summed E-state index contributed by atoms with van der Waals surface area (Å²) in [6.45, 7) is 1.01. The first-order valence-electron chi connectivity index (χ1n) is 8.64. The van der Waals surface area contributed by atoms with Crippen molar-refractivity contribution >= 4 is 34.1 Å². The van der Waals surface area contributed by atoms with Crippen molar-refractivity contribution in [1.82, 2.24) is 9.88 Å². The highest BCUT2D eigenvalue weighted by Gasteiger charge is 2.25. The van der Waals surface area contributed by atoms with E-state index in [1.807, 2.05) is 18.2 Å². The fourth-order valence-corrected chi connectivity index (χ4v) is 3.91. The van der Waals surface area contributed by atoms with Gasteiger partial charge >= 0.3 is 6.03 Å².